The molecule has 5 nitrogen and oxygen atoms in total. The van der Waals surface area contributed by atoms with Gasteiger partial charge in [-0.15, -0.1) is 0 Å². The summed E-state index contributed by atoms with van der Waals surface area (Å²) >= 11 is 0. The van der Waals surface area contributed by atoms with Crippen LogP contribution in [0.25, 0.3) is 0 Å². The van der Waals surface area contributed by atoms with Gasteiger partial charge in [-0.1, -0.05) is 0 Å². The van der Waals surface area contributed by atoms with Crippen molar-refractivity contribution in [2.24, 2.45) is 0 Å². The Hall–Kier alpha value is -4.11. The lowest BCUT2D eigenvalue weighted by Gasteiger charge is -2.15. The van der Waals surface area contributed by atoms with Crippen molar-refractivity contribution in [1.29, 1.82) is 0 Å². The number of hydrogen-bond donors (Lipinski definition) is 0. The summed E-state index contributed by atoms with van der Waals surface area (Å²) in [5.41, 5.74) is -2.35. The predicted octanol–water partition coefficient (Wildman–Crippen LogP) is 6.71. The van der Waals surface area contributed by atoms with Crippen LogP contribution in [-0.2, 0) is 0 Å². The summed E-state index contributed by atoms with van der Waals surface area (Å²) < 4.78 is 160. The van der Waals surface area contributed by atoms with Gasteiger partial charge in [-0.3, -0.25) is 10.1 Å². The van der Waals surface area contributed by atoms with Gasteiger partial charge in [0.15, 0.2) is 23.3 Å². The van der Waals surface area contributed by atoms with Gasteiger partial charge < -0.3 is 9.47 Å². The third-order valence-corrected chi connectivity index (χ3v) is 3.95. The molecule has 0 N–H and O–H groups in total. The van der Waals surface area contributed by atoms with E-state index in [-0.39, 0.29) is 12.1 Å². The molecule has 0 saturated carbocycles. The number of nitrogens with zero attached hydrogens (tertiary/aromatic N) is 1. The molecule has 0 unspecified atom stereocenters. The first-order valence-electron chi connectivity index (χ1n) is 8.14. The molecule has 180 valence electrons. The highest BCUT2D eigenvalue weighted by Crippen LogP contribution is 2.46. The SMILES string of the molecule is O=[N+]([O-])c1c(F)c(F)c(Oc2c(F)c(F)cc(F)c2F)c(F)c1Oc1c(F)c(F)cc(F)c1F. The van der Waals surface area contributed by atoms with Crippen LogP contribution in [0.2, 0.25) is 0 Å². The van der Waals surface area contributed by atoms with Crippen molar-refractivity contribution in [2.75, 3.05) is 0 Å². The van der Waals surface area contributed by atoms with Crippen molar-refractivity contribution in [3.63, 3.8) is 0 Å². The van der Waals surface area contributed by atoms with E-state index in [1.54, 1.807) is 0 Å². The zero-order valence-electron chi connectivity index (χ0n) is 15.4. The third-order valence-electron chi connectivity index (χ3n) is 3.95. The topological polar surface area (TPSA) is 61.6 Å². The zero-order valence-corrected chi connectivity index (χ0v) is 15.4. The molecule has 3 rings (SSSR count). The fourth-order valence-corrected chi connectivity index (χ4v) is 2.44. The average molecular weight is 505 g/mol. The van der Waals surface area contributed by atoms with E-state index in [2.05, 4.69) is 9.47 Å². The van der Waals surface area contributed by atoms with E-state index in [1.165, 1.54) is 0 Å². The van der Waals surface area contributed by atoms with E-state index in [4.69, 9.17) is 0 Å². The molecule has 0 amide bonds. The van der Waals surface area contributed by atoms with Gasteiger partial charge in [0.2, 0.25) is 63.7 Å². The van der Waals surface area contributed by atoms with E-state index < -0.39 is 97.6 Å². The first kappa shape index (κ1) is 24.5. The van der Waals surface area contributed by atoms with Crippen molar-refractivity contribution < 1.29 is 62.7 Å². The van der Waals surface area contributed by atoms with Crippen LogP contribution in [0.4, 0.5) is 54.0 Å². The Kier molecular flexibility index (Phi) is 6.26. The molecule has 0 aliphatic heterocycles. The van der Waals surface area contributed by atoms with Crippen LogP contribution in [0.3, 0.4) is 0 Å². The lowest BCUT2D eigenvalue weighted by molar-refractivity contribution is -0.388. The predicted molar refractivity (Wildman–Crippen MR) is 85.7 cm³/mol. The fraction of sp³-hybridized carbons (Fsp3) is 0. The number of nitro groups is 1. The van der Waals surface area contributed by atoms with Gasteiger partial charge in [-0.2, -0.15) is 30.7 Å². The van der Waals surface area contributed by atoms with Crippen molar-refractivity contribution >= 4 is 5.69 Å². The number of hydrogen-bond acceptors (Lipinski definition) is 4. The summed E-state index contributed by atoms with van der Waals surface area (Å²) in [4.78, 5) is 9.16. The molecular formula is C18H2F11NO4. The highest BCUT2D eigenvalue weighted by molar-refractivity contribution is 5.56. The lowest BCUT2D eigenvalue weighted by Crippen LogP contribution is -2.09. The second-order valence-corrected chi connectivity index (χ2v) is 6.00. The summed E-state index contributed by atoms with van der Waals surface area (Å²) in [6.45, 7) is 0. The van der Waals surface area contributed by atoms with E-state index in [9.17, 15) is 58.4 Å². The van der Waals surface area contributed by atoms with Crippen molar-refractivity contribution in [3.05, 3.63) is 86.2 Å². The van der Waals surface area contributed by atoms with Crippen LogP contribution in [-0.4, -0.2) is 4.92 Å². The summed E-state index contributed by atoms with van der Waals surface area (Å²) in [5.74, 6) is -35.4. The van der Waals surface area contributed by atoms with Crippen molar-refractivity contribution in [2.45, 2.75) is 0 Å². The van der Waals surface area contributed by atoms with Gasteiger partial charge in [-0.05, 0) is 0 Å². The molecule has 0 aliphatic rings. The normalized spacial score (nSPS) is 11.0. The van der Waals surface area contributed by atoms with Crippen molar-refractivity contribution in [3.8, 4) is 23.0 Å². The molecule has 3 aromatic rings. The molecule has 34 heavy (non-hydrogen) atoms. The lowest BCUT2D eigenvalue weighted by atomic mass is 10.2. The molecule has 0 spiro atoms. The molecule has 0 atom stereocenters. The van der Waals surface area contributed by atoms with Crippen molar-refractivity contribution in [1.82, 2.24) is 0 Å². The maximum absolute atomic E-state index is 14.8. The van der Waals surface area contributed by atoms with E-state index in [0.29, 0.717) is 0 Å². The quantitative estimate of drug-likeness (QED) is 0.167. The minimum atomic E-state index is -2.73. The number of ether oxygens (including phenoxy) is 2. The van der Waals surface area contributed by atoms with Gasteiger partial charge >= 0.3 is 5.69 Å². The number of halogens is 11. The fourth-order valence-electron chi connectivity index (χ4n) is 2.44. The zero-order chi connectivity index (χ0) is 25.6. The Morgan fingerprint density at radius 2 is 0.824 bits per heavy atom. The van der Waals surface area contributed by atoms with Crippen LogP contribution >= 0.6 is 0 Å². The largest absolute Gasteiger partial charge is 0.444 e. The third kappa shape index (κ3) is 3.90. The first-order valence-corrected chi connectivity index (χ1v) is 8.14. The average Bonchev–Trinajstić information content (AvgIpc) is 2.76. The van der Waals surface area contributed by atoms with E-state index in [1.807, 2.05) is 0 Å². The maximum atomic E-state index is 14.8. The molecular weight excluding hydrogens is 503 g/mol. The van der Waals surface area contributed by atoms with Crippen LogP contribution in [0.5, 0.6) is 23.0 Å². The molecule has 0 bridgehead atoms. The van der Waals surface area contributed by atoms with Gasteiger partial charge in [0.25, 0.3) is 0 Å². The number of nitro benzene ring substituents is 1. The smallest absolute Gasteiger partial charge is 0.353 e. The summed E-state index contributed by atoms with van der Waals surface area (Å²) in [5, 5.41) is 11.1. The molecule has 0 saturated heterocycles. The molecule has 0 fully saturated rings. The molecule has 0 aromatic heterocycles. The van der Waals surface area contributed by atoms with Gasteiger partial charge in [0.1, 0.15) is 0 Å². The maximum Gasteiger partial charge on any atom is 0.353 e. The highest BCUT2D eigenvalue weighted by Gasteiger charge is 2.38. The monoisotopic (exact) mass is 505 g/mol. The Labute approximate surface area is 178 Å². The Morgan fingerprint density at radius 3 is 1.18 bits per heavy atom. The second-order valence-electron chi connectivity index (χ2n) is 6.00. The summed E-state index contributed by atoms with van der Waals surface area (Å²) in [7, 11) is 0. The van der Waals surface area contributed by atoms with Gasteiger partial charge in [0, 0.05) is 12.1 Å². The molecule has 16 heteroatoms. The Bertz CT molecular complexity index is 1310. The minimum Gasteiger partial charge on any atom is -0.444 e. The van der Waals surface area contributed by atoms with Crippen LogP contribution in [0, 0.1) is 74.1 Å². The summed E-state index contributed by atoms with van der Waals surface area (Å²) in [6.07, 6.45) is 0. The molecule has 0 radical (unpaired) electrons. The van der Waals surface area contributed by atoms with Crippen LogP contribution in [0.1, 0.15) is 0 Å². The molecule has 0 heterocycles. The van der Waals surface area contributed by atoms with Gasteiger partial charge in [-0.25, -0.2) is 17.6 Å². The minimum absolute atomic E-state index is 0.348. The van der Waals surface area contributed by atoms with Crippen LogP contribution < -0.4 is 9.47 Å². The van der Waals surface area contributed by atoms with E-state index in [0.717, 1.165) is 0 Å². The number of benzene rings is 3. The number of rotatable bonds is 5. The van der Waals surface area contributed by atoms with Gasteiger partial charge in [0.05, 0.1) is 4.92 Å². The second kappa shape index (κ2) is 8.68. The van der Waals surface area contributed by atoms with Crippen LogP contribution in [0.15, 0.2) is 12.1 Å². The Balaban J connectivity index is 2.31. The Morgan fingerprint density at radius 1 is 0.500 bits per heavy atom. The standard InChI is InChI=1S/C18H2F11NO4/c19-3-1-4(20)8(24)15(7(3)23)33-17-12(28)11(27)14(30(31)32)18(13(17)29)34-16-9(25)5(21)2-6(22)10(16)26/h1-2H. The molecule has 0 aliphatic carbocycles. The molecule has 3 aromatic carbocycles. The van der Waals surface area contributed by atoms with E-state index >= 15 is 0 Å². The summed E-state index contributed by atoms with van der Waals surface area (Å²) in [6, 6.07) is -0.703. The first-order chi connectivity index (χ1) is 15.8. The highest BCUT2D eigenvalue weighted by atomic mass is 19.2.